The summed E-state index contributed by atoms with van der Waals surface area (Å²) in [6.45, 7) is 1.97. The molecule has 1 amide bonds. The van der Waals surface area contributed by atoms with Gasteiger partial charge in [-0.1, -0.05) is 6.07 Å². The quantitative estimate of drug-likeness (QED) is 0.635. The fraction of sp³-hybridized carbons (Fsp3) is 0.111. The van der Waals surface area contributed by atoms with E-state index in [1.165, 1.54) is 46.9 Å². The Morgan fingerprint density at radius 1 is 1.16 bits per heavy atom. The molecule has 1 aromatic carbocycles. The van der Waals surface area contributed by atoms with Crippen molar-refractivity contribution in [1.82, 2.24) is 0 Å². The van der Waals surface area contributed by atoms with E-state index >= 15 is 0 Å². The van der Waals surface area contributed by atoms with Gasteiger partial charge in [-0.25, -0.2) is 9.18 Å². The van der Waals surface area contributed by atoms with E-state index in [1.54, 1.807) is 6.92 Å². The minimum absolute atomic E-state index is 0.240. The summed E-state index contributed by atoms with van der Waals surface area (Å²) in [5, 5.41) is 6.88. The summed E-state index contributed by atoms with van der Waals surface area (Å²) in [7, 11) is 0. The second kappa shape index (κ2) is 7.58. The molecule has 1 N–H and O–H groups in total. The lowest BCUT2D eigenvalue weighted by atomic mass is 10.1. The fourth-order valence-electron chi connectivity index (χ4n) is 2.25. The Balaban J connectivity index is 1.94. The molecule has 3 aromatic rings. The lowest BCUT2D eigenvalue weighted by Crippen LogP contribution is -2.14. The summed E-state index contributed by atoms with van der Waals surface area (Å²) < 4.78 is 18.1. The Kier molecular flexibility index (Phi) is 5.25. The Labute approximate surface area is 151 Å². The van der Waals surface area contributed by atoms with Gasteiger partial charge in [0.2, 0.25) is 0 Å². The van der Waals surface area contributed by atoms with Gasteiger partial charge in [0.25, 0.3) is 5.91 Å². The second-order valence-electron chi connectivity index (χ2n) is 5.01. The number of rotatable bonds is 5. The number of hydrogen-bond acceptors (Lipinski definition) is 5. The monoisotopic (exact) mass is 375 g/mol. The van der Waals surface area contributed by atoms with Crippen molar-refractivity contribution in [3.63, 3.8) is 0 Å². The smallest absolute Gasteiger partial charge is 0.341 e. The van der Waals surface area contributed by atoms with Gasteiger partial charge in [0.05, 0.1) is 6.61 Å². The number of ether oxygens (including phenoxy) is 1. The number of thiophene rings is 2. The van der Waals surface area contributed by atoms with E-state index in [0.29, 0.717) is 16.1 Å². The van der Waals surface area contributed by atoms with E-state index in [2.05, 4.69) is 5.32 Å². The van der Waals surface area contributed by atoms with Crippen molar-refractivity contribution in [2.24, 2.45) is 0 Å². The molecule has 0 unspecified atom stereocenters. The molecule has 4 nitrogen and oxygen atoms in total. The van der Waals surface area contributed by atoms with Crippen molar-refractivity contribution in [1.29, 1.82) is 0 Å². The number of esters is 1. The summed E-state index contributed by atoms with van der Waals surface area (Å²) in [4.78, 5) is 25.7. The maximum absolute atomic E-state index is 13.0. The van der Waals surface area contributed by atoms with Crippen LogP contribution in [0.25, 0.3) is 10.4 Å². The molecule has 0 fully saturated rings. The Morgan fingerprint density at radius 2 is 1.92 bits per heavy atom. The predicted octanol–water partition coefficient (Wildman–Crippen LogP) is 5.04. The van der Waals surface area contributed by atoms with Crippen LogP contribution in [-0.4, -0.2) is 18.5 Å². The van der Waals surface area contributed by atoms with E-state index in [-0.39, 0.29) is 6.61 Å². The van der Waals surface area contributed by atoms with E-state index < -0.39 is 17.7 Å². The topological polar surface area (TPSA) is 55.4 Å². The van der Waals surface area contributed by atoms with Gasteiger partial charge in [-0.3, -0.25) is 4.79 Å². The maximum Gasteiger partial charge on any atom is 0.341 e. The molecular weight excluding hydrogens is 361 g/mol. The second-order valence-corrected chi connectivity index (χ2v) is 6.84. The first-order valence-corrected chi connectivity index (χ1v) is 9.25. The molecule has 2 aromatic heterocycles. The fourth-order valence-corrected chi connectivity index (χ4v) is 4.01. The molecule has 7 heteroatoms. The zero-order valence-electron chi connectivity index (χ0n) is 13.2. The highest BCUT2D eigenvalue weighted by atomic mass is 32.1. The van der Waals surface area contributed by atoms with Gasteiger partial charge in [0.15, 0.2) is 0 Å². The van der Waals surface area contributed by atoms with E-state index in [4.69, 9.17) is 4.74 Å². The highest BCUT2D eigenvalue weighted by molar-refractivity contribution is 7.17. The number of hydrogen-bond donors (Lipinski definition) is 1. The molecule has 0 bridgehead atoms. The maximum atomic E-state index is 13.0. The van der Waals surface area contributed by atoms with Crippen molar-refractivity contribution in [2.45, 2.75) is 6.92 Å². The highest BCUT2D eigenvalue weighted by Crippen LogP contribution is 2.38. The van der Waals surface area contributed by atoms with Crippen LogP contribution in [0.2, 0.25) is 0 Å². The molecule has 0 aliphatic carbocycles. The number of carbonyl (C=O) groups is 2. The van der Waals surface area contributed by atoms with Gasteiger partial charge in [0, 0.05) is 21.4 Å². The van der Waals surface area contributed by atoms with Crippen molar-refractivity contribution in [2.75, 3.05) is 11.9 Å². The van der Waals surface area contributed by atoms with Crippen LogP contribution < -0.4 is 5.32 Å². The summed E-state index contributed by atoms with van der Waals surface area (Å²) in [5.41, 5.74) is 1.37. The van der Waals surface area contributed by atoms with Gasteiger partial charge in [-0.15, -0.1) is 22.7 Å². The Hall–Kier alpha value is -2.51. The largest absolute Gasteiger partial charge is 0.462 e. The van der Waals surface area contributed by atoms with Gasteiger partial charge in [-0.05, 0) is 42.6 Å². The average molecular weight is 375 g/mol. The molecule has 0 aliphatic heterocycles. The minimum Gasteiger partial charge on any atom is -0.462 e. The number of benzene rings is 1. The van der Waals surface area contributed by atoms with E-state index in [1.807, 2.05) is 22.9 Å². The first-order chi connectivity index (χ1) is 12.1. The zero-order chi connectivity index (χ0) is 17.8. The van der Waals surface area contributed by atoms with Crippen molar-refractivity contribution < 1.29 is 18.7 Å². The minimum atomic E-state index is -0.485. The van der Waals surface area contributed by atoms with Gasteiger partial charge >= 0.3 is 5.97 Å². The SMILES string of the molecule is CCOC(=O)c1c(-c2cccs2)csc1NC(=O)c1ccc(F)cc1. The molecule has 25 heavy (non-hydrogen) atoms. The van der Waals surface area contributed by atoms with Crippen LogP contribution in [0.5, 0.6) is 0 Å². The number of carbonyl (C=O) groups excluding carboxylic acids is 2. The Bertz CT molecular complexity index is 886. The lowest BCUT2D eigenvalue weighted by molar-refractivity contribution is 0.0529. The third-order valence-corrected chi connectivity index (χ3v) is 5.19. The van der Waals surface area contributed by atoms with Gasteiger partial charge < -0.3 is 10.1 Å². The Morgan fingerprint density at radius 3 is 2.56 bits per heavy atom. The number of anilines is 1. The van der Waals surface area contributed by atoms with Crippen LogP contribution in [0.15, 0.2) is 47.2 Å². The molecule has 0 atom stereocenters. The van der Waals surface area contributed by atoms with Crippen LogP contribution in [0.1, 0.15) is 27.6 Å². The normalized spacial score (nSPS) is 10.5. The van der Waals surface area contributed by atoms with Crippen molar-refractivity contribution in [3.8, 4) is 10.4 Å². The lowest BCUT2D eigenvalue weighted by Gasteiger charge is -2.08. The summed E-state index contributed by atoms with van der Waals surface area (Å²) in [6.07, 6.45) is 0. The van der Waals surface area contributed by atoms with Gasteiger partial charge in [0.1, 0.15) is 16.4 Å². The summed E-state index contributed by atoms with van der Waals surface area (Å²) in [6, 6.07) is 9.01. The van der Waals surface area contributed by atoms with Crippen LogP contribution in [0.4, 0.5) is 9.39 Å². The van der Waals surface area contributed by atoms with Crippen LogP contribution in [-0.2, 0) is 4.74 Å². The average Bonchev–Trinajstić information content (AvgIpc) is 3.24. The van der Waals surface area contributed by atoms with Crippen LogP contribution in [0, 0.1) is 5.82 Å². The zero-order valence-corrected chi connectivity index (χ0v) is 14.9. The standard InChI is InChI=1S/C18H14FNO3S2/c1-2-23-18(22)15-13(14-4-3-9-24-14)10-25-17(15)20-16(21)11-5-7-12(19)8-6-11/h3-10H,2H2,1H3,(H,20,21). The number of nitrogens with one attached hydrogen (secondary N) is 1. The number of amides is 1. The molecule has 128 valence electrons. The predicted molar refractivity (Wildman–Crippen MR) is 97.9 cm³/mol. The molecule has 3 rings (SSSR count). The van der Waals surface area contributed by atoms with Crippen LogP contribution >= 0.6 is 22.7 Å². The molecular formula is C18H14FNO3S2. The molecule has 0 spiro atoms. The van der Waals surface area contributed by atoms with Crippen LogP contribution in [0.3, 0.4) is 0 Å². The number of halogens is 1. The first-order valence-electron chi connectivity index (χ1n) is 7.49. The third kappa shape index (κ3) is 3.78. The molecule has 0 saturated carbocycles. The van der Waals surface area contributed by atoms with E-state index in [0.717, 1.165) is 10.4 Å². The molecule has 0 radical (unpaired) electrons. The highest BCUT2D eigenvalue weighted by Gasteiger charge is 2.23. The third-order valence-electron chi connectivity index (χ3n) is 3.39. The van der Waals surface area contributed by atoms with Gasteiger partial charge in [-0.2, -0.15) is 0 Å². The van der Waals surface area contributed by atoms with E-state index in [9.17, 15) is 14.0 Å². The van der Waals surface area contributed by atoms with Crippen molar-refractivity contribution >= 4 is 39.6 Å². The summed E-state index contributed by atoms with van der Waals surface area (Å²) >= 11 is 2.75. The first kappa shape index (κ1) is 17.3. The summed E-state index contributed by atoms with van der Waals surface area (Å²) in [5.74, 6) is -1.31. The molecule has 0 saturated heterocycles. The molecule has 0 aliphatic rings. The van der Waals surface area contributed by atoms with Crippen molar-refractivity contribution in [3.05, 3.63) is 64.1 Å². The molecule has 2 heterocycles.